The first-order valence-corrected chi connectivity index (χ1v) is 5.76. The van der Waals surface area contributed by atoms with Crippen molar-refractivity contribution in [3.63, 3.8) is 0 Å². The van der Waals surface area contributed by atoms with Gasteiger partial charge in [-0.1, -0.05) is 12.1 Å². The molecule has 2 atom stereocenters. The van der Waals surface area contributed by atoms with Crippen molar-refractivity contribution in [2.75, 3.05) is 20.8 Å². The molecule has 1 aromatic rings. The second-order valence-corrected chi connectivity index (χ2v) is 4.14. The van der Waals surface area contributed by atoms with Crippen LogP contribution in [-0.4, -0.2) is 26.8 Å². The summed E-state index contributed by atoms with van der Waals surface area (Å²) >= 11 is 0. The lowest BCUT2D eigenvalue weighted by Gasteiger charge is -2.29. The van der Waals surface area contributed by atoms with Gasteiger partial charge in [0, 0.05) is 12.6 Å². The molecule has 1 N–H and O–H groups in total. The van der Waals surface area contributed by atoms with Crippen molar-refractivity contribution in [2.45, 2.75) is 25.0 Å². The van der Waals surface area contributed by atoms with Crippen LogP contribution >= 0.6 is 0 Å². The Balaban J connectivity index is 2.05. The van der Waals surface area contributed by atoms with Gasteiger partial charge in [0.15, 0.2) is 0 Å². The maximum atomic E-state index is 5.79. The van der Waals surface area contributed by atoms with Gasteiger partial charge in [-0.05, 0) is 37.6 Å². The molecule has 0 amide bonds. The summed E-state index contributed by atoms with van der Waals surface area (Å²) in [7, 11) is 3.70. The lowest BCUT2D eigenvalue weighted by atomic mass is 9.97. The Bertz CT molecular complexity index is 323. The van der Waals surface area contributed by atoms with Gasteiger partial charge < -0.3 is 14.8 Å². The molecule has 0 saturated carbocycles. The molecule has 1 heterocycles. The van der Waals surface area contributed by atoms with Gasteiger partial charge in [0.05, 0.1) is 13.2 Å². The molecule has 16 heavy (non-hydrogen) atoms. The molecule has 3 nitrogen and oxygen atoms in total. The fourth-order valence-electron chi connectivity index (χ4n) is 2.11. The second kappa shape index (κ2) is 5.32. The molecule has 0 spiro atoms. The Labute approximate surface area is 96.8 Å². The zero-order chi connectivity index (χ0) is 11.4. The molecular weight excluding hydrogens is 202 g/mol. The molecular formula is C13H19NO2. The lowest BCUT2D eigenvalue weighted by molar-refractivity contribution is 0.00153. The molecule has 1 aliphatic rings. The van der Waals surface area contributed by atoms with Crippen LogP contribution in [0.15, 0.2) is 24.3 Å². The number of rotatable bonds is 3. The van der Waals surface area contributed by atoms with E-state index >= 15 is 0 Å². The van der Waals surface area contributed by atoms with Crippen LogP contribution in [0, 0.1) is 0 Å². The van der Waals surface area contributed by atoms with Crippen molar-refractivity contribution in [3.8, 4) is 5.75 Å². The van der Waals surface area contributed by atoms with E-state index in [1.165, 1.54) is 5.56 Å². The van der Waals surface area contributed by atoms with Crippen molar-refractivity contribution in [1.29, 1.82) is 0 Å². The van der Waals surface area contributed by atoms with E-state index in [0.717, 1.165) is 25.2 Å². The van der Waals surface area contributed by atoms with Crippen molar-refractivity contribution in [3.05, 3.63) is 29.8 Å². The van der Waals surface area contributed by atoms with E-state index in [1.807, 2.05) is 19.2 Å². The van der Waals surface area contributed by atoms with Gasteiger partial charge in [-0.2, -0.15) is 0 Å². The highest BCUT2D eigenvalue weighted by molar-refractivity contribution is 5.28. The Hall–Kier alpha value is -1.06. The highest BCUT2D eigenvalue weighted by Gasteiger charge is 2.22. The monoisotopic (exact) mass is 221 g/mol. The zero-order valence-corrected chi connectivity index (χ0v) is 9.90. The molecule has 0 radical (unpaired) electrons. The van der Waals surface area contributed by atoms with E-state index in [0.29, 0.717) is 6.04 Å². The summed E-state index contributed by atoms with van der Waals surface area (Å²) in [6, 6.07) is 8.72. The number of hydrogen-bond donors (Lipinski definition) is 1. The third kappa shape index (κ3) is 2.54. The molecule has 1 saturated heterocycles. The molecule has 2 rings (SSSR count). The first kappa shape index (κ1) is 11.4. The quantitative estimate of drug-likeness (QED) is 0.848. The number of hydrogen-bond acceptors (Lipinski definition) is 3. The predicted molar refractivity (Wildman–Crippen MR) is 63.8 cm³/mol. The topological polar surface area (TPSA) is 30.5 Å². The smallest absolute Gasteiger partial charge is 0.118 e. The van der Waals surface area contributed by atoms with Crippen LogP contribution in [0.1, 0.15) is 24.5 Å². The number of methoxy groups -OCH3 is 1. The second-order valence-electron chi connectivity index (χ2n) is 4.14. The first-order valence-electron chi connectivity index (χ1n) is 5.76. The van der Waals surface area contributed by atoms with Crippen LogP contribution in [0.5, 0.6) is 5.75 Å². The Kier molecular flexibility index (Phi) is 3.80. The van der Waals surface area contributed by atoms with Crippen LogP contribution in [-0.2, 0) is 4.74 Å². The van der Waals surface area contributed by atoms with Gasteiger partial charge in [0.2, 0.25) is 0 Å². The predicted octanol–water partition coefficient (Wildman–Crippen LogP) is 2.13. The van der Waals surface area contributed by atoms with Crippen LogP contribution in [0.4, 0.5) is 0 Å². The Morgan fingerprint density at radius 2 is 2.06 bits per heavy atom. The lowest BCUT2D eigenvalue weighted by Crippen LogP contribution is -2.33. The zero-order valence-electron chi connectivity index (χ0n) is 9.90. The first-order chi connectivity index (χ1) is 7.83. The fourth-order valence-corrected chi connectivity index (χ4v) is 2.11. The van der Waals surface area contributed by atoms with Crippen LogP contribution in [0.2, 0.25) is 0 Å². The van der Waals surface area contributed by atoms with Crippen molar-refractivity contribution >= 4 is 0 Å². The summed E-state index contributed by atoms with van der Waals surface area (Å²) < 4.78 is 10.9. The normalized spacial score (nSPS) is 25.4. The van der Waals surface area contributed by atoms with Crippen LogP contribution in [0.25, 0.3) is 0 Å². The van der Waals surface area contributed by atoms with Crippen LogP contribution < -0.4 is 10.1 Å². The third-order valence-corrected chi connectivity index (χ3v) is 3.18. The van der Waals surface area contributed by atoms with E-state index in [9.17, 15) is 0 Å². The molecule has 2 unspecified atom stereocenters. The van der Waals surface area contributed by atoms with Gasteiger partial charge in [0.25, 0.3) is 0 Å². The number of benzene rings is 1. The van der Waals surface area contributed by atoms with Gasteiger partial charge in [-0.25, -0.2) is 0 Å². The largest absolute Gasteiger partial charge is 0.497 e. The van der Waals surface area contributed by atoms with E-state index in [-0.39, 0.29) is 6.10 Å². The van der Waals surface area contributed by atoms with E-state index < -0.39 is 0 Å². The van der Waals surface area contributed by atoms with E-state index in [1.54, 1.807) is 7.11 Å². The standard InChI is InChI=1S/C13H19NO2/c1-14-11-7-8-16-13(9-11)10-3-5-12(15-2)6-4-10/h3-6,11,13-14H,7-9H2,1-2H3. The molecule has 0 aromatic heterocycles. The average molecular weight is 221 g/mol. The SMILES string of the molecule is CNC1CCOC(c2ccc(OC)cc2)C1. The molecule has 88 valence electrons. The average Bonchev–Trinajstić information content (AvgIpc) is 2.39. The van der Waals surface area contributed by atoms with Gasteiger partial charge in [-0.3, -0.25) is 0 Å². The molecule has 1 fully saturated rings. The van der Waals surface area contributed by atoms with Crippen molar-refractivity contribution < 1.29 is 9.47 Å². The molecule has 1 aliphatic heterocycles. The van der Waals surface area contributed by atoms with Crippen LogP contribution in [0.3, 0.4) is 0 Å². The summed E-state index contributed by atoms with van der Waals surface area (Å²) in [5.41, 5.74) is 1.24. The van der Waals surface area contributed by atoms with Gasteiger partial charge in [0.1, 0.15) is 5.75 Å². The number of nitrogens with one attached hydrogen (secondary N) is 1. The third-order valence-electron chi connectivity index (χ3n) is 3.18. The summed E-state index contributed by atoms with van der Waals surface area (Å²) in [5, 5.41) is 3.32. The maximum Gasteiger partial charge on any atom is 0.118 e. The minimum Gasteiger partial charge on any atom is -0.497 e. The molecule has 1 aromatic carbocycles. The number of ether oxygens (including phenoxy) is 2. The fraction of sp³-hybridized carbons (Fsp3) is 0.538. The highest BCUT2D eigenvalue weighted by Crippen LogP contribution is 2.28. The van der Waals surface area contributed by atoms with E-state index in [4.69, 9.17) is 9.47 Å². The van der Waals surface area contributed by atoms with Crippen molar-refractivity contribution in [1.82, 2.24) is 5.32 Å². The van der Waals surface area contributed by atoms with Gasteiger partial charge in [-0.15, -0.1) is 0 Å². The van der Waals surface area contributed by atoms with E-state index in [2.05, 4.69) is 17.4 Å². The summed E-state index contributed by atoms with van der Waals surface area (Å²) in [4.78, 5) is 0. The minimum absolute atomic E-state index is 0.220. The maximum absolute atomic E-state index is 5.79. The summed E-state index contributed by atoms with van der Waals surface area (Å²) in [6.07, 6.45) is 2.36. The minimum atomic E-state index is 0.220. The Morgan fingerprint density at radius 3 is 2.69 bits per heavy atom. The van der Waals surface area contributed by atoms with Gasteiger partial charge >= 0.3 is 0 Å². The molecule has 0 aliphatic carbocycles. The summed E-state index contributed by atoms with van der Waals surface area (Å²) in [6.45, 7) is 0.836. The summed E-state index contributed by atoms with van der Waals surface area (Å²) in [5.74, 6) is 0.893. The molecule has 0 bridgehead atoms. The molecule has 3 heteroatoms. The highest BCUT2D eigenvalue weighted by atomic mass is 16.5. The Morgan fingerprint density at radius 1 is 1.31 bits per heavy atom. The van der Waals surface area contributed by atoms with Crippen molar-refractivity contribution in [2.24, 2.45) is 0 Å².